The molecule has 21 heavy (non-hydrogen) atoms. The summed E-state index contributed by atoms with van der Waals surface area (Å²) >= 11 is 0. The molecule has 2 unspecified atom stereocenters. The van der Waals surface area contributed by atoms with Crippen molar-refractivity contribution >= 4 is 5.69 Å². The third-order valence-electron chi connectivity index (χ3n) is 4.60. The van der Waals surface area contributed by atoms with Gasteiger partial charge >= 0.3 is 0 Å². The molecule has 3 rings (SSSR count). The molecular weight excluding hydrogens is 260 g/mol. The van der Waals surface area contributed by atoms with Gasteiger partial charge in [0.25, 0.3) is 0 Å². The van der Waals surface area contributed by atoms with Crippen molar-refractivity contribution in [1.82, 2.24) is 4.90 Å². The van der Waals surface area contributed by atoms with Crippen LogP contribution < -0.4 is 5.32 Å². The predicted octanol–water partition coefficient (Wildman–Crippen LogP) is 3.65. The van der Waals surface area contributed by atoms with Gasteiger partial charge in [-0.15, -0.1) is 0 Å². The fraction of sp³-hybridized carbons (Fsp3) is 0.667. The second-order valence-electron chi connectivity index (χ2n) is 6.75. The molecule has 1 aromatic rings. The second kappa shape index (κ2) is 6.80. The molecule has 0 bridgehead atoms. The number of likely N-dealkylation sites (tertiary alicyclic amines) is 1. The molecule has 2 fully saturated rings. The molecule has 2 heterocycles. The Bertz CT molecular complexity index is 446. The van der Waals surface area contributed by atoms with Gasteiger partial charge in [-0.3, -0.25) is 4.90 Å². The van der Waals surface area contributed by atoms with E-state index in [1.807, 2.05) is 0 Å². The summed E-state index contributed by atoms with van der Waals surface area (Å²) in [5.41, 5.74) is 2.69. The van der Waals surface area contributed by atoms with Gasteiger partial charge in [0.2, 0.25) is 0 Å². The molecule has 1 aromatic carbocycles. The van der Waals surface area contributed by atoms with Gasteiger partial charge in [0.1, 0.15) is 0 Å². The Morgan fingerprint density at radius 2 is 1.86 bits per heavy atom. The molecule has 3 nitrogen and oxygen atoms in total. The third-order valence-corrected chi connectivity index (χ3v) is 4.60. The van der Waals surface area contributed by atoms with E-state index in [1.165, 1.54) is 37.2 Å². The van der Waals surface area contributed by atoms with E-state index in [-0.39, 0.29) is 0 Å². The number of benzene rings is 1. The maximum Gasteiger partial charge on any atom is 0.0570 e. The molecule has 0 saturated carbocycles. The van der Waals surface area contributed by atoms with Crippen molar-refractivity contribution in [2.24, 2.45) is 0 Å². The van der Waals surface area contributed by atoms with Crippen molar-refractivity contribution in [2.45, 2.75) is 64.3 Å². The van der Waals surface area contributed by atoms with E-state index in [4.69, 9.17) is 4.74 Å². The molecule has 1 N–H and O–H groups in total. The fourth-order valence-corrected chi connectivity index (χ4v) is 3.72. The lowest BCUT2D eigenvalue weighted by Gasteiger charge is -2.33. The Kier molecular flexibility index (Phi) is 4.81. The van der Waals surface area contributed by atoms with Crippen molar-refractivity contribution in [3.8, 4) is 0 Å². The largest absolute Gasteiger partial charge is 0.382 e. The first-order chi connectivity index (χ1) is 10.2. The summed E-state index contributed by atoms with van der Waals surface area (Å²) in [6, 6.07) is 9.48. The van der Waals surface area contributed by atoms with Crippen LogP contribution in [0.15, 0.2) is 24.3 Å². The summed E-state index contributed by atoms with van der Waals surface area (Å²) in [4.78, 5) is 2.55. The second-order valence-corrected chi connectivity index (χ2v) is 6.75. The van der Waals surface area contributed by atoms with Gasteiger partial charge < -0.3 is 10.1 Å². The SMILES string of the molecule is CC1CC(Nc2cccc(CN3CCCC3)c2)CC(C)O1. The summed E-state index contributed by atoms with van der Waals surface area (Å²) in [6.45, 7) is 7.96. The number of nitrogens with zero attached hydrogens (tertiary/aromatic N) is 1. The zero-order chi connectivity index (χ0) is 14.7. The van der Waals surface area contributed by atoms with Gasteiger partial charge in [0.15, 0.2) is 0 Å². The molecule has 0 spiro atoms. The first-order valence-corrected chi connectivity index (χ1v) is 8.42. The maximum absolute atomic E-state index is 5.82. The zero-order valence-corrected chi connectivity index (χ0v) is 13.3. The van der Waals surface area contributed by atoms with Crippen molar-refractivity contribution < 1.29 is 4.74 Å². The Morgan fingerprint density at radius 1 is 1.14 bits per heavy atom. The number of ether oxygens (including phenoxy) is 1. The van der Waals surface area contributed by atoms with Gasteiger partial charge in [-0.1, -0.05) is 12.1 Å². The van der Waals surface area contributed by atoms with Crippen LogP contribution in [0.4, 0.5) is 5.69 Å². The van der Waals surface area contributed by atoms with Crippen LogP contribution in [0.2, 0.25) is 0 Å². The molecule has 116 valence electrons. The molecule has 0 aromatic heterocycles. The van der Waals surface area contributed by atoms with Crippen molar-refractivity contribution in [3.63, 3.8) is 0 Å². The minimum Gasteiger partial charge on any atom is -0.382 e. The minimum atomic E-state index is 0.360. The average molecular weight is 288 g/mol. The molecule has 3 heteroatoms. The Hall–Kier alpha value is -1.06. The molecule has 2 saturated heterocycles. The van der Waals surface area contributed by atoms with Crippen LogP contribution in [-0.4, -0.2) is 36.2 Å². The highest BCUT2D eigenvalue weighted by atomic mass is 16.5. The molecule has 2 aliphatic heterocycles. The first-order valence-electron chi connectivity index (χ1n) is 8.42. The Morgan fingerprint density at radius 3 is 2.57 bits per heavy atom. The lowest BCUT2D eigenvalue weighted by atomic mass is 9.99. The zero-order valence-electron chi connectivity index (χ0n) is 13.3. The molecule has 0 radical (unpaired) electrons. The minimum absolute atomic E-state index is 0.360. The number of hydrogen-bond donors (Lipinski definition) is 1. The lowest BCUT2D eigenvalue weighted by molar-refractivity contribution is -0.0337. The van der Waals surface area contributed by atoms with Crippen molar-refractivity contribution in [1.29, 1.82) is 0 Å². The van der Waals surface area contributed by atoms with E-state index < -0.39 is 0 Å². The Balaban J connectivity index is 1.60. The molecule has 2 aliphatic rings. The highest BCUT2D eigenvalue weighted by Gasteiger charge is 2.24. The summed E-state index contributed by atoms with van der Waals surface area (Å²) < 4.78 is 5.82. The van der Waals surface area contributed by atoms with Crippen LogP contribution in [0.25, 0.3) is 0 Å². The third kappa shape index (κ3) is 4.21. The highest BCUT2D eigenvalue weighted by Crippen LogP contribution is 2.23. The average Bonchev–Trinajstić information content (AvgIpc) is 2.90. The summed E-state index contributed by atoms with van der Waals surface area (Å²) in [6.07, 6.45) is 5.63. The molecular formula is C18H28N2O. The van der Waals surface area contributed by atoms with E-state index in [0.29, 0.717) is 18.2 Å². The van der Waals surface area contributed by atoms with Crippen LogP contribution >= 0.6 is 0 Å². The standard InChI is InChI=1S/C18H28N2O/c1-14-10-18(11-15(2)21-14)19-17-7-5-6-16(12-17)13-20-8-3-4-9-20/h5-7,12,14-15,18-19H,3-4,8-11,13H2,1-2H3. The molecule has 2 atom stereocenters. The number of hydrogen-bond acceptors (Lipinski definition) is 3. The lowest BCUT2D eigenvalue weighted by Crippen LogP contribution is -2.36. The fourth-order valence-electron chi connectivity index (χ4n) is 3.72. The van der Waals surface area contributed by atoms with Crippen LogP contribution in [0, 0.1) is 0 Å². The predicted molar refractivity (Wildman–Crippen MR) is 87.6 cm³/mol. The molecule has 0 aliphatic carbocycles. The van der Waals surface area contributed by atoms with Crippen LogP contribution in [0.5, 0.6) is 0 Å². The van der Waals surface area contributed by atoms with Gasteiger partial charge in [-0.25, -0.2) is 0 Å². The number of anilines is 1. The number of nitrogens with one attached hydrogen (secondary N) is 1. The van der Waals surface area contributed by atoms with Crippen molar-refractivity contribution in [2.75, 3.05) is 18.4 Å². The van der Waals surface area contributed by atoms with E-state index in [9.17, 15) is 0 Å². The van der Waals surface area contributed by atoms with Gasteiger partial charge in [0.05, 0.1) is 12.2 Å². The van der Waals surface area contributed by atoms with Gasteiger partial charge in [-0.05, 0) is 70.3 Å². The number of rotatable bonds is 4. The van der Waals surface area contributed by atoms with Crippen LogP contribution in [0.1, 0.15) is 45.1 Å². The van der Waals surface area contributed by atoms with Crippen LogP contribution in [-0.2, 0) is 11.3 Å². The van der Waals surface area contributed by atoms with Crippen molar-refractivity contribution in [3.05, 3.63) is 29.8 Å². The maximum atomic E-state index is 5.82. The van der Waals surface area contributed by atoms with Gasteiger partial charge in [0, 0.05) is 18.3 Å². The van der Waals surface area contributed by atoms with E-state index in [1.54, 1.807) is 0 Å². The summed E-state index contributed by atoms with van der Waals surface area (Å²) in [5, 5.41) is 3.71. The molecule has 0 amide bonds. The van der Waals surface area contributed by atoms with E-state index >= 15 is 0 Å². The smallest absolute Gasteiger partial charge is 0.0570 e. The highest BCUT2D eigenvalue weighted by molar-refractivity contribution is 5.46. The van der Waals surface area contributed by atoms with E-state index in [2.05, 4.69) is 48.3 Å². The first kappa shape index (κ1) is 14.9. The summed E-state index contributed by atoms with van der Waals surface area (Å²) in [5.74, 6) is 0. The van der Waals surface area contributed by atoms with Gasteiger partial charge in [-0.2, -0.15) is 0 Å². The Labute approximate surface area is 128 Å². The normalized spacial score (nSPS) is 30.5. The summed E-state index contributed by atoms with van der Waals surface area (Å²) in [7, 11) is 0. The topological polar surface area (TPSA) is 24.5 Å². The quantitative estimate of drug-likeness (QED) is 0.915. The van der Waals surface area contributed by atoms with Crippen LogP contribution in [0.3, 0.4) is 0 Å². The van der Waals surface area contributed by atoms with E-state index in [0.717, 1.165) is 19.4 Å². The monoisotopic (exact) mass is 288 g/mol.